The highest BCUT2D eigenvalue weighted by molar-refractivity contribution is 7.92. The van der Waals surface area contributed by atoms with Crippen LogP contribution in [-0.2, 0) is 16.6 Å². The van der Waals surface area contributed by atoms with Crippen LogP contribution in [0.2, 0.25) is 0 Å². The van der Waals surface area contributed by atoms with Gasteiger partial charge >= 0.3 is 5.69 Å². The Kier molecular flexibility index (Phi) is 5.45. The summed E-state index contributed by atoms with van der Waals surface area (Å²) in [6.45, 7) is 4.35. The highest BCUT2D eigenvalue weighted by atomic mass is 32.2. The van der Waals surface area contributed by atoms with Crippen molar-refractivity contribution < 1.29 is 13.2 Å². The van der Waals surface area contributed by atoms with Crippen LogP contribution in [0.15, 0.2) is 70.4 Å². The first-order valence-corrected chi connectivity index (χ1v) is 12.4. The maximum absolute atomic E-state index is 13.0. The zero-order chi connectivity index (χ0) is 24.7. The van der Waals surface area contributed by atoms with Crippen molar-refractivity contribution in [3.05, 3.63) is 93.5 Å². The third-order valence-corrected chi connectivity index (χ3v) is 7.40. The fourth-order valence-electron chi connectivity index (χ4n) is 4.05. The Bertz CT molecular complexity index is 1760. The molecule has 3 aromatic carbocycles. The summed E-state index contributed by atoms with van der Waals surface area (Å²) in [7, 11) is -4.01. The second-order valence-corrected chi connectivity index (χ2v) is 10.1. The average molecular weight is 490 g/mol. The average Bonchev–Trinajstić information content (AvgIpc) is 3.34. The SMILES string of the molecule is Cc1[nH]c2ccc(CNC(=O)c3ccccc3NS(=O)(=O)c3ccc4[nH]c(=O)[nH]c4c3)cc2c1C. The van der Waals surface area contributed by atoms with Crippen molar-refractivity contribution in [2.24, 2.45) is 0 Å². The highest BCUT2D eigenvalue weighted by Crippen LogP contribution is 2.24. The van der Waals surface area contributed by atoms with Crippen LogP contribution in [0.3, 0.4) is 0 Å². The summed E-state index contributed by atoms with van der Waals surface area (Å²) < 4.78 is 28.5. The second kappa shape index (κ2) is 8.48. The zero-order valence-corrected chi connectivity index (χ0v) is 19.8. The lowest BCUT2D eigenvalue weighted by Gasteiger charge is -2.13. The molecule has 0 aliphatic heterocycles. The van der Waals surface area contributed by atoms with Crippen LogP contribution in [0.1, 0.15) is 27.2 Å². The van der Waals surface area contributed by atoms with E-state index in [1.807, 2.05) is 32.0 Å². The van der Waals surface area contributed by atoms with Crippen LogP contribution in [0.25, 0.3) is 21.9 Å². The molecule has 2 heterocycles. The van der Waals surface area contributed by atoms with Gasteiger partial charge in [0.2, 0.25) is 0 Å². The molecule has 178 valence electrons. The maximum Gasteiger partial charge on any atom is 0.323 e. The molecule has 0 fully saturated rings. The van der Waals surface area contributed by atoms with E-state index in [1.165, 1.54) is 24.3 Å². The van der Waals surface area contributed by atoms with Crippen LogP contribution in [0, 0.1) is 13.8 Å². The van der Waals surface area contributed by atoms with Gasteiger partial charge in [0.05, 0.1) is 27.2 Å². The normalized spacial score (nSPS) is 11.7. The molecular weight excluding hydrogens is 466 g/mol. The van der Waals surface area contributed by atoms with Gasteiger partial charge < -0.3 is 20.3 Å². The number of H-pyrrole nitrogens is 3. The number of aromatic nitrogens is 3. The summed E-state index contributed by atoms with van der Waals surface area (Å²) in [4.78, 5) is 32.9. The first-order chi connectivity index (χ1) is 16.7. The maximum atomic E-state index is 13.0. The molecule has 1 amide bonds. The van der Waals surface area contributed by atoms with Gasteiger partial charge in [-0.2, -0.15) is 0 Å². The predicted octanol–water partition coefficient (Wildman–Crippen LogP) is 3.69. The summed E-state index contributed by atoms with van der Waals surface area (Å²) in [5, 5.41) is 3.97. The van der Waals surface area contributed by atoms with Gasteiger partial charge in [0.25, 0.3) is 15.9 Å². The highest BCUT2D eigenvalue weighted by Gasteiger charge is 2.19. The Morgan fingerprint density at radius 3 is 2.46 bits per heavy atom. The molecule has 2 aromatic heterocycles. The van der Waals surface area contributed by atoms with Crippen molar-refractivity contribution in [2.75, 3.05) is 4.72 Å². The number of nitrogens with one attached hydrogen (secondary N) is 5. The van der Waals surface area contributed by atoms with E-state index in [4.69, 9.17) is 0 Å². The number of hydrogen-bond donors (Lipinski definition) is 5. The van der Waals surface area contributed by atoms with Crippen LogP contribution in [-0.4, -0.2) is 29.3 Å². The Labute approximate surface area is 200 Å². The van der Waals surface area contributed by atoms with Gasteiger partial charge in [-0.1, -0.05) is 18.2 Å². The summed E-state index contributed by atoms with van der Waals surface area (Å²) in [6.07, 6.45) is 0. The Balaban J connectivity index is 1.36. The number of aromatic amines is 3. The molecule has 0 aliphatic rings. The van der Waals surface area contributed by atoms with Crippen molar-refractivity contribution in [3.8, 4) is 0 Å². The summed E-state index contributed by atoms with van der Waals surface area (Å²) >= 11 is 0. The number of benzene rings is 3. The minimum absolute atomic E-state index is 0.0408. The number of fused-ring (bicyclic) bond motifs is 2. The largest absolute Gasteiger partial charge is 0.358 e. The predicted molar refractivity (Wildman–Crippen MR) is 135 cm³/mol. The standard InChI is InChI=1S/C25H23N5O4S/c1-14-15(2)27-20-9-7-16(11-19(14)20)13-26-24(31)18-5-3-4-6-21(18)30-35(33,34)17-8-10-22-23(12-17)29-25(32)28-22/h3-12,27,30H,13H2,1-2H3,(H,26,31)(H2,28,29,32). The Hall–Kier alpha value is -4.31. The van der Waals surface area contributed by atoms with E-state index in [9.17, 15) is 18.0 Å². The molecule has 10 heteroatoms. The zero-order valence-electron chi connectivity index (χ0n) is 19.0. The van der Waals surface area contributed by atoms with Gasteiger partial charge in [-0.05, 0) is 67.4 Å². The fraction of sp³-hybridized carbons (Fsp3) is 0.120. The molecular formula is C25H23N5O4S. The molecule has 0 bridgehead atoms. The monoisotopic (exact) mass is 489 g/mol. The number of hydrogen-bond acceptors (Lipinski definition) is 4. The summed E-state index contributed by atoms with van der Waals surface area (Å²) in [6, 6.07) is 16.6. The lowest BCUT2D eigenvalue weighted by molar-refractivity contribution is 0.0952. The van der Waals surface area contributed by atoms with E-state index < -0.39 is 21.6 Å². The van der Waals surface area contributed by atoms with E-state index in [0.29, 0.717) is 11.0 Å². The van der Waals surface area contributed by atoms with Gasteiger partial charge in [-0.25, -0.2) is 13.2 Å². The number of rotatable bonds is 6. The third kappa shape index (κ3) is 4.31. The minimum atomic E-state index is -4.01. The number of sulfonamides is 1. The topological polar surface area (TPSA) is 140 Å². The third-order valence-electron chi connectivity index (χ3n) is 6.04. The van der Waals surface area contributed by atoms with Crippen LogP contribution < -0.4 is 15.7 Å². The van der Waals surface area contributed by atoms with E-state index in [0.717, 1.165) is 27.7 Å². The summed E-state index contributed by atoms with van der Waals surface area (Å²) in [5.74, 6) is -0.407. The van der Waals surface area contributed by atoms with E-state index >= 15 is 0 Å². The molecule has 5 N–H and O–H groups in total. The van der Waals surface area contributed by atoms with Gasteiger partial charge in [-0.15, -0.1) is 0 Å². The minimum Gasteiger partial charge on any atom is -0.358 e. The van der Waals surface area contributed by atoms with Gasteiger partial charge in [-0.3, -0.25) is 9.52 Å². The van der Waals surface area contributed by atoms with Gasteiger partial charge in [0.15, 0.2) is 0 Å². The van der Waals surface area contributed by atoms with Crippen molar-refractivity contribution in [1.82, 2.24) is 20.3 Å². The summed E-state index contributed by atoms with van der Waals surface area (Å²) in [5.41, 5.74) is 5.02. The van der Waals surface area contributed by atoms with Crippen molar-refractivity contribution >= 4 is 43.6 Å². The molecule has 35 heavy (non-hydrogen) atoms. The van der Waals surface area contributed by atoms with E-state index in [1.54, 1.807) is 18.2 Å². The van der Waals surface area contributed by atoms with Crippen LogP contribution in [0.5, 0.6) is 0 Å². The van der Waals surface area contributed by atoms with E-state index in [-0.39, 0.29) is 22.7 Å². The molecule has 0 unspecified atom stereocenters. The second-order valence-electron chi connectivity index (χ2n) is 8.38. The number of amides is 1. The van der Waals surface area contributed by atoms with E-state index in [2.05, 4.69) is 25.0 Å². The first-order valence-electron chi connectivity index (χ1n) is 10.9. The fourth-order valence-corrected chi connectivity index (χ4v) is 5.15. The number of para-hydroxylation sites is 1. The molecule has 0 saturated heterocycles. The molecule has 0 atom stereocenters. The lowest BCUT2D eigenvalue weighted by Crippen LogP contribution is -2.25. The lowest BCUT2D eigenvalue weighted by atomic mass is 10.1. The molecule has 9 nitrogen and oxygen atoms in total. The van der Waals surface area contributed by atoms with Gasteiger partial charge in [0.1, 0.15) is 0 Å². The Morgan fingerprint density at radius 2 is 1.63 bits per heavy atom. The van der Waals surface area contributed by atoms with Gasteiger partial charge in [0, 0.05) is 23.1 Å². The molecule has 0 aliphatic carbocycles. The van der Waals surface area contributed by atoms with Crippen molar-refractivity contribution in [3.63, 3.8) is 0 Å². The Morgan fingerprint density at radius 1 is 0.886 bits per heavy atom. The molecule has 5 aromatic rings. The smallest absolute Gasteiger partial charge is 0.323 e. The number of carbonyl (C=O) groups excluding carboxylic acids is 1. The number of anilines is 1. The van der Waals surface area contributed by atoms with Crippen LogP contribution >= 0.6 is 0 Å². The molecule has 0 radical (unpaired) electrons. The van der Waals surface area contributed by atoms with Crippen LogP contribution in [0.4, 0.5) is 5.69 Å². The first kappa shape index (κ1) is 22.5. The van der Waals surface area contributed by atoms with Crippen molar-refractivity contribution in [1.29, 1.82) is 0 Å². The number of imidazole rings is 1. The van der Waals surface area contributed by atoms with Crippen molar-refractivity contribution in [2.45, 2.75) is 25.3 Å². The quantitative estimate of drug-likeness (QED) is 0.248. The molecule has 0 spiro atoms. The number of aryl methyl sites for hydroxylation is 2. The molecule has 5 rings (SSSR count). The number of carbonyl (C=O) groups is 1. The molecule has 0 saturated carbocycles.